The lowest BCUT2D eigenvalue weighted by atomic mass is 9.94. The van der Waals surface area contributed by atoms with Crippen molar-refractivity contribution >= 4 is 17.4 Å². The number of thioether (sulfide) groups is 1. The number of aryl methyl sites for hydroxylation is 1. The van der Waals surface area contributed by atoms with Gasteiger partial charge in [0.25, 0.3) is 0 Å². The molecule has 0 bridgehead atoms. The molecule has 0 amide bonds. The fraction of sp³-hybridized carbons (Fsp3) is 0.538. The SMILES string of the molecule is Cc1ccc(N)c(SCCC(C)(C)C)c1. The van der Waals surface area contributed by atoms with Crippen LogP contribution in [0.3, 0.4) is 0 Å². The molecule has 0 aliphatic rings. The van der Waals surface area contributed by atoms with Crippen LogP contribution in [0.2, 0.25) is 0 Å². The summed E-state index contributed by atoms with van der Waals surface area (Å²) in [4.78, 5) is 1.22. The largest absolute Gasteiger partial charge is 0.398 e. The molecule has 0 atom stereocenters. The van der Waals surface area contributed by atoms with Gasteiger partial charge >= 0.3 is 0 Å². The summed E-state index contributed by atoms with van der Waals surface area (Å²) >= 11 is 1.86. The molecule has 0 radical (unpaired) electrons. The van der Waals surface area contributed by atoms with Crippen LogP contribution in [0, 0.1) is 12.3 Å². The van der Waals surface area contributed by atoms with Crippen LogP contribution in [0.5, 0.6) is 0 Å². The minimum absolute atomic E-state index is 0.408. The molecule has 0 aliphatic heterocycles. The molecule has 0 aliphatic carbocycles. The molecule has 1 rings (SSSR count). The molecule has 15 heavy (non-hydrogen) atoms. The molecule has 0 fully saturated rings. The standard InChI is InChI=1S/C13H21NS/c1-10-5-6-11(14)12(9-10)15-8-7-13(2,3)4/h5-6,9H,7-8,14H2,1-4H3. The fourth-order valence-electron chi connectivity index (χ4n) is 1.23. The van der Waals surface area contributed by atoms with E-state index in [0.717, 1.165) is 11.4 Å². The Labute approximate surface area is 97.4 Å². The van der Waals surface area contributed by atoms with Crippen molar-refractivity contribution in [2.75, 3.05) is 11.5 Å². The smallest absolute Gasteiger partial charge is 0.0452 e. The third-order valence-corrected chi connectivity index (χ3v) is 3.35. The fourth-order valence-corrected chi connectivity index (χ4v) is 2.67. The van der Waals surface area contributed by atoms with Crippen LogP contribution in [0.1, 0.15) is 32.8 Å². The first-order chi connectivity index (χ1) is 6.88. The lowest BCUT2D eigenvalue weighted by Gasteiger charge is -2.17. The summed E-state index contributed by atoms with van der Waals surface area (Å²) in [5, 5.41) is 0. The summed E-state index contributed by atoms with van der Waals surface area (Å²) in [6, 6.07) is 6.22. The van der Waals surface area contributed by atoms with Crippen molar-refractivity contribution in [3.05, 3.63) is 23.8 Å². The molecule has 0 unspecified atom stereocenters. The molecule has 0 saturated heterocycles. The van der Waals surface area contributed by atoms with Crippen molar-refractivity contribution < 1.29 is 0 Å². The summed E-state index contributed by atoms with van der Waals surface area (Å²) in [6.45, 7) is 8.92. The summed E-state index contributed by atoms with van der Waals surface area (Å²) in [5.41, 5.74) is 8.51. The van der Waals surface area contributed by atoms with Crippen molar-refractivity contribution in [1.82, 2.24) is 0 Å². The molecule has 0 spiro atoms. The van der Waals surface area contributed by atoms with Crippen LogP contribution < -0.4 is 5.73 Å². The Bertz CT molecular complexity index is 326. The quantitative estimate of drug-likeness (QED) is 0.616. The normalized spacial score (nSPS) is 11.7. The third kappa shape index (κ3) is 4.61. The minimum atomic E-state index is 0.408. The summed E-state index contributed by atoms with van der Waals surface area (Å²) in [5.74, 6) is 1.14. The van der Waals surface area contributed by atoms with Crippen LogP contribution in [-0.4, -0.2) is 5.75 Å². The Morgan fingerprint density at radius 3 is 2.53 bits per heavy atom. The highest BCUT2D eigenvalue weighted by molar-refractivity contribution is 7.99. The van der Waals surface area contributed by atoms with Gasteiger partial charge in [-0.25, -0.2) is 0 Å². The van der Waals surface area contributed by atoms with Crippen LogP contribution in [0.15, 0.2) is 23.1 Å². The van der Waals surface area contributed by atoms with E-state index in [9.17, 15) is 0 Å². The highest BCUT2D eigenvalue weighted by atomic mass is 32.2. The topological polar surface area (TPSA) is 26.0 Å². The van der Waals surface area contributed by atoms with E-state index in [-0.39, 0.29) is 0 Å². The van der Waals surface area contributed by atoms with Crippen molar-refractivity contribution in [2.45, 2.75) is 39.0 Å². The predicted octanol–water partition coefficient (Wildman–Crippen LogP) is 4.11. The first kappa shape index (κ1) is 12.4. The summed E-state index contributed by atoms with van der Waals surface area (Å²) in [7, 11) is 0. The first-order valence-corrected chi connectivity index (χ1v) is 6.36. The highest BCUT2D eigenvalue weighted by Gasteiger charge is 2.10. The maximum absolute atomic E-state index is 5.92. The van der Waals surface area contributed by atoms with Gasteiger partial charge < -0.3 is 5.73 Å². The Morgan fingerprint density at radius 1 is 1.27 bits per heavy atom. The van der Waals surface area contributed by atoms with Crippen molar-refractivity contribution in [3.8, 4) is 0 Å². The van der Waals surface area contributed by atoms with Gasteiger partial charge in [-0.05, 0) is 42.2 Å². The van der Waals surface area contributed by atoms with Crippen molar-refractivity contribution in [3.63, 3.8) is 0 Å². The lowest BCUT2D eigenvalue weighted by molar-refractivity contribution is 0.401. The van der Waals surface area contributed by atoms with E-state index < -0.39 is 0 Å². The van der Waals surface area contributed by atoms with Gasteiger partial charge in [0, 0.05) is 10.6 Å². The second-order valence-electron chi connectivity index (χ2n) is 5.20. The Morgan fingerprint density at radius 2 is 1.93 bits per heavy atom. The van der Waals surface area contributed by atoms with E-state index >= 15 is 0 Å². The second kappa shape index (κ2) is 4.93. The zero-order valence-corrected chi connectivity index (χ0v) is 10.9. The first-order valence-electron chi connectivity index (χ1n) is 5.37. The number of rotatable bonds is 3. The molecular formula is C13H21NS. The van der Waals surface area contributed by atoms with Gasteiger partial charge in [-0.15, -0.1) is 11.8 Å². The van der Waals surface area contributed by atoms with E-state index in [1.165, 1.54) is 16.9 Å². The maximum atomic E-state index is 5.92. The van der Waals surface area contributed by atoms with Crippen LogP contribution in [-0.2, 0) is 0 Å². The molecule has 1 nitrogen and oxygen atoms in total. The number of benzene rings is 1. The van der Waals surface area contributed by atoms with Gasteiger partial charge in [-0.2, -0.15) is 0 Å². The van der Waals surface area contributed by atoms with Gasteiger partial charge in [-0.3, -0.25) is 0 Å². The second-order valence-corrected chi connectivity index (χ2v) is 6.34. The number of hydrogen-bond donors (Lipinski definition) is 1. The molecule has 1 aromatic rings. The van der Waals surface area contributed by atoms with Gasteiger partial charge in [0.2, 0.25) is 0 Å². The van der Waals surface area contributed by atoms with Crippen LogP contribution in [0.25, 0.3) is 0 Å². The van der Waals surface area contributed by atoms with Gasteiger partial charge in [0.1, 0.15) is 0 Å². The number of anilines is 1. The Hall–Kier alpha value is -0.630. The predicted molar refractivity (Wildman–Crippen MR) is 70.4 cm³/mol. The molecule has 2 N–H and O–H groups in total. The molecule has 84 valence electrons. The Kier molecular flexibility index (Phi) is 4.09. The number of nitrogens with two attached hydrogens (primary N) is 1. The molecule has 1 aromatic carbocycles. The molecule has 0 heterocycles. The summed E-state index contributed by atoms with van der Waals surface area (Å²) < 4.78 is 0. The van der Waals surface area contributed by atoms with Gasteiger partial charge in [0.15, 0.2) is 0 Å². The van der Waals surface area contributed by atoms with E-state index in [1.54, 1.807) is 0 Å². The van der Waals surface area contributed by atoms with E-state index in [4.69, 9.17) is 5.73 Å². The van der Waals surface area contributed by atoms with Crippen LogP contribution >= 0.6 is 11.8 Å². The van der Waals surface area contributed by atoms with Gasteiger partial charge in [-0.1, -0.05) is 26.8 Å². The average Bonchev–Trinajstić information content (AvgIpc) is 2.09. The Balaban J connectivity index is 2.54. The van der Waals surface area contributed by atoms with E-state index in [1.807, 2.05) is 17.8 Å². The minimum Gasteiger partial charge on any atom is -0.398 e. The zero-order chi connectivity index (χ0) is 11.5. The number of nitrogen functional groups attached to an aromatic ring is 1. The molecule has 0 saturated carbocycles. The van der Waals surface area contributed by atoms with Crippen molar-refractivity contribution in [1.29, 1.82) is 0 Å². The van der Waals surface area contributed by atoms with Gasteiger partial charge in [0.05, 0.1) is 0 Å². The van der Waals surface area contributed by atoms with E-state index in [0.29, 0.717) is 5.41 Å². The van der Waals surface area contributed by atoms with Crippen molar-refractivity contribution in [2.24, 2.45) is 5.41 Å². The molecular weight excluding hydrogens is 202 g/mol. The van der Waals surface area contributed by atoms with Crippen LogP contribution in [0.4, 0.5) is 5.69 Å². The number of hydrogen-bond acceptors (Lipinski definition) is 2. The molecule has 0 aromatic heterocycles. The van der Waals surface area contributed by atoms with E-state index in [2.05, 4.69) is 39.8 Å². The lowest BCUT2D eigenvalue weighted by Crippen LogP contribution is -2.05. The maximum Gasteiger partial charge on any atom is 0.0452 e. The highest BCUT2D eigenvalue weighted by Crippen LogP contribution is 2.29. The monoisotopic (exact) mass is 223 g/mol. The zero-order valence-electron chi connectivity index (χ0n) is 10.1. The molecule has 2 heteroatoms. The average molecular weight is 223 g/mol. The summed E-state index contributed by atoms with van der Waals surface area (Å²) in [6.07, 6.45) is 1.21. The third-order valence-electron chi connectivity index (χ3n) is 2.28.